The number of carbonyl (C=O) groups excluding carboxylic acids is 1. The number of carboxylic acid groups (broad SMARTS) is 1. The first-order valence-electron chi connectivity index (χ1n) is 6.77. The van der Waals surface area contributed by atoms with Crippen molar-refractivity contribution in [2.24, 2.45) is 0 Å². The molecule has 2 unspecified atom stereocenters. The Balaban J connectivity index is 1.65. The van der Waals surface area contributed by atoms with Gasteiger partial charge in [0.1, 0.15) is 0 Å². The second kappa shape index (κ2) is 5.22. The lowest BCUT2D eigenvalue weighted by molar-refractivity contribution is -0.137. The first-order valence-corrected chi connectivity index (χ1v) is 6.77. The fourth-order valence-electron chi connectivity index (χ4n) is 2.79. The highest BCUT2D eigenvalue weighted by molar-refractivity contribution is 5.99. The fourth-order valence-corrected chi connectivity index (χ4v) is 2.79. The topological polar surface area (TPSA) is 90.5 Å². The van der Waals surface area contributed by atoms with Crippen LogP contribution < -0.4 is 16.2 Å². The van der Waals surface area contributed by atoms with Gasteiger partial charge in [-0.3, -0.25) is 20.4 Å². The second-order valence-corrected chi connectivity index (χ2v) is 5.35. The number of rotatable bonds is 4. The third kappa shape index (κ3) is 2.66. The number of nitrogens with one attached hydrogen (secondary N) is 3. The standard InChI is InChI=1S/C14H17N3O3/c18-13-6-9-5-8(1-3-11(9)15-13)12-7-10(16-17-12)2-4-14(19)20/h1,3,5,10,12,16-17H,2,4,6-7H2,(H,15,18)(H,19,20). The van der Waals surface area contributed by atoms with E-state index in [0.717, 1.165) is 23.2 Å². The molecule has 0 saturated carbocycles. The van der Waals surface area contributed by atoms with Crippen molar-refractivity contribution < 1.29 is 14.7 Å². The number of aliphatic carboxylic acids is 1. The highest BCUT2D eigenvalue weighted by Gasteiger charge is 2.26. The number of carbonyl (C=O) groups is 2. The summed E-state index contributed by atoms with van der Waals surface area (Å²) in [4.78, 5) is 21.9. The van der Waals surface area contributed by atoms with Gasteiger partial charge in [-0.1, -0.05) is 12.1 Å². The predicted octanol–water partition coefficient (Wildman–Crippen LogP) is 0.954. The minimum atomic E-state index is -0.766. The maximum Gasteiger partial charge on any atom is 0.303 e. The van der Waals surface area contributed by atoms with Gasteiger partial charge >= 0.3 is 5.97 Å². The van der Waals surface area contributed by atoms with E-state index in [1.165, 1.54) is 0 Å². The van der Waals surface area contributed by atoms with E-state index in [4.69, 9.17) is 5.11 Å². The Hall–Kier alpha value is -1.92. The van der Waals surface area contributed by atoms with Crippen molar-refractivity contribution in [3.05, 3.63) is 29.3 Å². The molecule has 1 saturated heterocycles. The molecule has 0 spiro atoms. The van der Waals surface area contributed by atoms with Gasteiger partial charge < -0.3 is 10.4 Å². The smallest absolute Gasteiger partial charge is 0.303 e. The predicted molar refractivity (Wildman–Crippen MR) is 73.1 cm³/mol. The van der Waals surface area contributed by atoms with E-state index in [1.54, 1.807) is 0 Å². The van der Waals surface area contributed by atoms with E-state index in [2.05, 4.69) is 16.2 Å². The summed E-state index contributed by atoms with van der Waals surface area (Å²) in [7, 11) is 0. The van der Waals surface area contributed by atoms with Gasteiger partial charge in [0.05, 0.1) is 6.42 Å². The highest BCUT2D eigenvalue weighted by atomic mass is 16.4. The van der Waals surface area contributed by atoms with E-state index in [1.807, 2.05) is 18.2 Å². The molecule has 2 aliphatic rings. The van der Waals surface area contributed by atoms with Crippen molar-refractivity contribution in [1.82, 2.24) is 10.9 Å². The molecule has 6 heteroatoms. The minimum Gasteiger partial charge on any atom is -0.481 e. The van der Waals surface area contributed by atoms with E-state index in [-0.39, 0.29) is 24.4 Å². The van der Waals surface area contributed by atoms with Crippen molar-refractivity contribution in [3.8, 4) is 0 Å². The van der Waals surface area contributed by atoms with Crippen LogP contribution in [0.15, 0.2) is 18.2 Å². The fraction of sp³-hybridized carbons (Fsp3) is 0.429. The Bertz CT molecular complexity index is 559. The summed E-state index contributed by atoms with van der Waals surface area (Å²) in [6.45, 7) is 0. The molecule has 20 heavy (non-hydrogen) atoms. The summed E-state index contributed by atoms with van der Waals surface area (Å²) in [5, 5.41) is 11.5. The molecule has 1 aromatic carbocycles. The zero-order chi connectivity index (χ0) is 14.1. The number of benzene rings is 1. The normalized spacial score (nSPS) is 24.5. The lowest BCUT2D eigenvalue weighted by Crippen LogP contribution is -2.31. The molecule has 2 heterocycles. The molecular weight excluding hydrogens is 258 g/mol. The number of carboxylic acids is 1. The monoisotopic (exact) mass is 275 g/mol. The van der Waals surface area contributed by atoms with Crippen LogP contribution in [-0.4, -0.2) is 23.0 Å². The highest BCUT2D eigenvalue weighted by Crippen LogP contribution is 2.30. The molecule has 0 aromatic heterocycles. The van der Waals surface area contributed by atoms with Crippen LogP contribution in [0.5, 0.6) is 0 Å². The molecule has 1 fully saturated rings. The van der Waals surface area contributed by atoms with Gasteiger partial charge in [-0.15, -0.1) is 0 Å². The van der Waals surface area contributed by atoms with Crippen molar-refractivity contribution in [2.75, 3.05) is 5.32 Å². The maximum atomic E-state index is 11.3. The molecule has 0 aliphatic carbocycles. The molecular formula is C14H17N3O3. The molecule has 0 radical (unpaired) electrons. The lowest BCUT2D eigenvalue weighted by atomic mass is 9.97. The third-order valence-corrected chi connectivity index (χ3v) is 3.85. The Labute approximate surface area is 116 Å². The molecule has 1 amide bonds. The molecule has 2 atom stereocenters. The summed E-state index contributed by atoms with van der Waals surface area (Å²) in [5.74, 6) is -0.730. The number of hydrogen-bond donors (Lipinski definition) is 4. The van der Waals surface area contributed by atoms with Gasteiger partial charge in [-0.25, -0.2) is 0 Å². The van der Waals surface area contributed by atoms with Crippen LogP contribution in [0.2, 0.25) is 0 Å². The van der Waals surface area contributed by atoms with Crippen LogP contribution in [0.25, 0.3) is 0 Å². The molecule has 3 rings (SSSR count). The van der Waals surface area contributed by atoms with Crippen molar-refractivity contribution in [2.45, 2.75) is 37.8 Å². The number of hydrogen-bond acceptors (Lipinski definition) is 4. The quantitative estimate of drug-likeness (QED) is 0.657. The van der Waals surface area contributed by atoms with Crippen molar-refractivity contribution in [3.63, 3.8) is 0 Å². The minimum absolute atomic E-state index is 0.0361. The Morgan fingerprint density at radius 2 is 2.20 bits per heavy atom. The summed E-state index contributed by atoms with van der Waals surface area (Å²) >= 11 is 0. The average molecular weight is 275 g/mol. The number of hydrazine groups is 1. The zero-order valence-corrected chi connectivity index (χ0v) is 11.0. The van der Waals surface area contributed by atoms with Gasteiger partial charge in [0.25, 0.3) is 0 Å². The Morgan fingerprint density at radius 1 is 1.35 bits per heavy atom. The molecule has 106 valence electrons. The van der Waals surface area contributed by atoms with Crippen LogP contribution >= 0.6 is 0 Å². The Morgan fingerprint density at radius 3 is 3.00 bits per heavy atom. The van der Waals surface area contributed by atoms with Gasteiger partial charge in [-0.2, -0.15) is 0 Å². The summed E-state index contributed by atoms with van der Waals surface area (Å²) in [6, 6.07) is 6.32. The Kier molecular flexibility index (Phi) is 3.42. The molecule has 0 bridgehead atoms. The van der Waals surface area contributed by atoms with E-state index in [0.29, 0.717) is 12.8 Å². The van der Waals surface area contributed by atoms with Crippen molar-refractivity contribution in [1.29, 1.82) is 0 Å². The molecule has 2 aliphatic heterocycles. The van der Waals surface area contributed by atoms with Crippen LogP contribution in [0.3, 0.4) is 0 Å². The van der Waals surface area contributed by atoms with Gasteiger partial charge in [0.15, 0.2) is 0 Å². The first kappa shape index (κ1) is 13.1. The van der Waals surface area contributed by atoms with E-state index in [9.17, 15) is 9.59 Å². The van der Waals surface area contributed by atoms with E-state index >= 15 is 0 Å². The SMILES string of the molecule is O=C(O)CCC1CC(c2ccc3c(c2)CC(=O)N3)NN1. The number of amides is 1. The van der Waals surface area contributed by atoms with Gasteiger partial charge in [0.2, 0.25) is 5.91 Å². The largest absolute Gasteiger partial charge is 0.481 e. The average Bonchev–Trinajstić information content (AvgIpc) is 3.00. The number of fused-ring (bicyclic) bond motifs is 1. The molecule has 6 nitrogen and oxygen atoms in total. The zero-order valence-electron chi connectivity index (χ0n) is 11.0. The number of anilines is 1. The van der Waals surface area contributed by atoms with Crippen LogP contribution in [0, 0.1) is 0 Å². The molecule has 1 aromatic rings. The van der Waals surface area contributed by atoms with Gasteiger partial charge in [-0.05, 0) is 30.0 Å². The van der Waals surface area contributed by atoms with Crippen molar-refractivity contribution >= 4 is 17.6 Å². The van der Waals surface area contributed by atoms with E-state index < -0.39 is 5.97 Å². The van der Waals surface area contributed by atoms with Crippen LogP contribution in [0.4, 0.5) is 5.69 Å². The van der Waals surface area contributed by atoms with Gasteiger partial charge in [0, 0.05) is 24.2 Å². The summed E-state index contributed by atoms with van der Waals surface area (Å²) in [6.07, 6.45) is 2.08. The molecule has 4 N–H and O–H groups in total. The second-order valence-electron chi connectivity index (χ2n) is 5.35. The lowest BCUT2D eigenvalue weighted by Gasteiger charge is -2.11. The van der Waals surface area contributed by atoms with Crippen LogP contribution in [-0.2, 0) is 16.0 Å². The summed E-state index contributed by atoms with van der Waals surface area (Å²) < 4.78 is 0. The summed E-state index contributed by atoms with van der Waals surface area (Å²) in [5.41, 5.74) is 9.40. The maximum absolute atomic E-state index is 11.3. The first-order chi connectivity index (χ1) is 9.61. The van der Waals surface area contributed by atoms with Crippen LogP contribution in [0.1, 0.15) is 36.4 Å². The third-order valence-electron chi connectivity index (χ3n) is 3.85.